The summed E-state index contributed by atoms with van der Waals surface area (Å²) in [5.41, 5.74) is 1.21. The van der Waals surface area contributed by atoms with Crippen LogP contribution < -0.4 is 9.47 Å². The zero-order chi connectivity index (χ0) is 20.3. The van der Waals surface area contributed by atoms with E-state index in [2.05, 4.69) is 10.2 Å². The maximum atomic E-state index is 11.0. The molecular formula is C18H15Cl2N3O4S. The van der Waals surface area contributed by atoms with Crippen LogP contribution in [0.25, 0.3) is 17.1 Å². The van der Waals surface area contributed by atoms with Crippen molar-refractivity contribution in [3.63, 3.8) is 0 Å². The molecule has 0 fully saturated rings. The van der Waals surface area contributed by atoms with Gasteiger partial charge in [0.2, 0.25) is 0 Å². The van der Waals surface area contributed by atoms with E-state index in [1.54, 1.807) is 48.1 Å². The van der Waals surface area contributed by atoms with Crippen molar-refractivity contribution in [2.45, 2.75) is 5.16 Å². The zero-order valence-corrected chi connectivity index (χ0v) is 17.2. The smallest absolute Gasteiger partial charge is 0.313 e. The highest BCUT2D eigenvalue weighted by molar-refractivity contribution is 7.99. The maximum absolute atomic E-state index is 11.0. The van der Waals surface area contributed by atoms with Gasteiger partial charge in [0.05, 0.1) is 30.7 Å². The SMILES string of the molecule is COc1ccc(-n2c(SCC(=O)O)nnc2-c2ccc(Cl)cc2Cl)c(OC)c1. The van der Waals surface area contributed by atoms with Gasteiger partial charge in [-0.1, -0.05) is 35.0 Å². The standard InChI is InChI=1S/C18H15Cl2N3O4S/c1-26-11-4-6-14(15(8-11)27-2)23-17(12-5-3-10(19)7-13(12)20)21-22-18(23)28-9-16(24)25/h3-8H,9H2,1-2H3,(H,24,25). The summed E-state index contributed by atoms with van der Waals surface area (Å²) in [6.07, 6.45) is 0. The highest BCUT2D eigenvalue weighted by atomic mass is 35.5. The Balaban J connectivity index is 2.22. The Bertz CT molecular complexity index is 1030. The fourth-order valence-corrected chi connectivity index (χ4v) is 3.68. The van der Waals surface area contributed by atoms with Gasteiger partial charge in [-0.05, 0) is 30.3 Å². The van der Waals surface area contributed by atoms with Gasteiger partial charge in [-0.2, -0.15) is 0 Å². The van der Waals surface area contributed by atoms with Gasteiger partial charge in [0.1, 0.15) is 11.5 Å². The Morgan fingerprint density at radius 1 is 1.14 bits per heavy atom. The maximum Gasteiger partial charge on any atom is 0.313 e. The molecule has 0 aliphatic rings. The molecule has 7 nitrogen and oxygen atoms in total. The Morgan fingerprint density at radius 2 is 1.93 bits per heavy atom. The first kappa shape index (κ1) is 20.3. The van der Waals surface area contributed by atoms with Crippen LogP contribution in [0.3, 0.4) is 0 Å². The second-order valence-electron chi connectivity index (χ2n) is 5.49. The number of carbonyl (C=O) groups is 1. The number of carboxylic acids is 1. The van der Waals surface area contributed by atoms with E-state index in [-0.39, 0.29) is 5.75 Å². The number of thioether (sulfide) groups is 1. The summed E-state index contributed by atoms with van der Waals surface area (Å²) >= 11 is 13.4. The molecule has 1 N–H and O–H groups in total. The first-order valence-electron chi connectivity index (χ1n) is 7.92. The third-order valence-electron chi connectivity index (χ3n) is 3.76. The highest BCUT2D eigenvalue weighted by Gasteiger charge is 2.21. The van der Waals surface area contributed by atoms with Gasteiger partial charge in [-0.25, -0.2) is 0 Å². The van der Waals surface area contributed by atoms with E-state index in [1.807, 2.05) is 0 Å². The normalized spacial score (nSPS) is 10.7. The predicted molar refractivity (Wildman–Crippen MR) is 108 cm³/mol. The van der Waals surface area contributed by atoms with Gasteiger partial charge < -0.3 is 14.6 Å². The monoisotopic (exact) mass is 439 g/mol. The van der Waals surface area contributed by atoms with Gasteiger partial charge >= 0.3 is 5.97 Å². The quantitative estimate of drug-likeness (QED) is 0.544. The molecule has 0 bridgehead atoms. The lowest BCUT2D eigenvalue weighted by atomic mass is 10.2. The highest BCUT2D eigenvalue weighted by Crippen LogP contribution is 2.37. The summed E-state index contributed by atoms with van der Waals surface area (Å²) in [7, 11) is 3.09. The van der Waals surface area contributed by atoms with E-state index in [0.29, 0.717) is 43.8 Å². The van der Waals surface area contributed by atoms with Crippen molar-refractivity contribution in [3.05, 3.63) is 46.4 Å². The van der Waals surface area contributed by atoms with Crippen molar-refractivity contribution < 1.29 is 19.4 Å². The molecule has 0 radical (unpaired) electrons. The number of ether oxygens (including phenoxy) is 2. The van der Waals surface area contributed by atoms with Crippen LogP contribution >= 0.6 is 35.0 Å². The molecule has 0 saturated heterocycles. The van der Waals surface area contributed by atoms with Gasteiger partial charge in [0.25, 0.3) is 0 Å². The second-order valence-corrected chi connectivity index (χ2v) is 7.27. The largest absolute Gasteiger partial charge is 0.497 e. The fourth-order valence-electron chi connectivity index (χ4n) is 2.52. The number of hydrogen-bond acceptors (Lipinski definition) is 6. The van der Waals surface area contributed by atoms with E-state index >= 15 is 0 Å². The minimum atomic E-state index is -0.965. The summed E-state index contributed by atoms with van der Waals surface area (Å²) in [4.78, 5) is 11.0. The molecule has 28 heavy (non-hydrogen) atoms. The van der Waals surface area contributed by atoms with E-state index < -0.39 is 5.97 Å². The van der Waals surface area contributed by atoms with Gasteiger partial charge in [-0.3, -0.25) is 9.36 Å². The summed E-state index contributed by atoms with van der Waals surface area (Å²) in [5.74, 6) is 0.401. The third kappa shape index (κ3) is 4.19. The van der Waals surface area contributed by atoms with E-state index in [0.717, 1.165) is 11.8 Å². The molecule has 3 aromatic rings. The van der Waals surface area contributed by atoms with Crippen molar-refractivity contribution >= 4 is 40.9 Å². The van der Waals surface area contributed by atoms with Gasteiger partial charge in [0.15, 0.2) is 11.0 Å². The molecule has 1 heterocycles. The lowest BCUT2D eigenvalue weighted by Gasteiger charge is -2.15. The van der Waals surface area contributed by atoms with E-state index in [4.69, 9.17) is 37.8 Å². The van der Waals surface area contributed by atoms with Crippen LogP contribution in [0.4, 0.5) is 0 Å². The zero-order valence-electron chi connectivity index (χ0n) is 14.8. The van der Waals surface area contributed by atoms with Crippen LogP contribution in [0.2, 0.25) is 10.0 Å². The molecule has 0 spiro atoms. The van der Waals surface area contributed by atoms with Crippen LogP contribution in [0, 0.1) is 0 Å². The third-order valence-corrected chi connectivity index (χ3v) is 5.22. The Labute approximate surface area is 175 Å². The van der Waals surface area contributed by atoms with Crippen LogP contribution in [0.15, 0.2) is 41.6 Å². The molecule has 2 aromatic carbocycles. The van der Waals surface area contributed by atoms with Crippen molar-refractivity contribution in [1.82, 2.24) is 14.8 Å². The molecule has 3 rings (SSSR count). The van der Waals surface area contributed by atoms with Crippen molar-refractivity contribution in [3.8, 4) is 28.6 Å². The van der Waals surface area contributed by atoms with Gasteiger partial charge in [0, 0.05) is 16.7 Å². The van der Waals surface area contributed by atoms with Crippen molar-refractivity contribution in [2.75, 3.05) is 20.0 Å². The molecule has 0 aliphatic carbocycles. The summed E-state index contributed by atoms with van der Waals surface area (Å²) in [5, 5.41) is 18.7. The number of nitrogens with zero attached hydrogens (tertiary/aromatic N) is 3. The fraction of sp³-hybridized carbons (Fsp3) is 0.167. The van der Waals surface area contributed by atoms with Gasteiger partial charge in [-0.15, -0.1) is 10.2 Å². The lowest BCUT2D eigenvalue weighted by Crippen LogP contribution is -2.05. The van der Waals surface area contributed by atoms with Crippen LogP contribution in [-0.2, 0) is 4.79 Å². The molecule has 0 saturated carbocycles. The van der Waals surface area contributed by atoms with Crippen LogP contribution in [0.1, 0.15) is 0 Å². The molecule has 1 aromatic heterocycles. The average molecular weight is 440 g/mol. The molecule has 10 heteroatoms. The number of hydrogen-bond donors (Lipinski definition) is 1. The first-order valence-corrected chi connectivity index (χ1v) is 9.66. The molecule has 0 unspecified atom stereocenters. The van der Waals surface area contributed by atoms with E-state index in [1.165, 1.54) is 7.11 Å². The second kappa shape index (κ2) is 8.72. The molecule has 0 atom stereocenters. The first-order chi connectivity index (χ1) is 13.4. The molecule has 146 valence electrons. The number of halogens is 2. The number of benzene rings is 2. The Hall–Kier alpha value is -2.42. The summed E-state index contributed by atoms with van der Waals surface area (Å²) in [6.45, 7) is 0. The number of aliphatic carboxylic acids is 1. The average Bonchev–Trinajstić information content (AvgIpc) is 3.09. The van der Waals surface area contributed by atoms with Crippen LogP contribution in [-0.4, -0.2) is 45.8 Å². The Morgan fingerprint density at radius 3 is 2.57 bits per heavy atom. The van der Waals surface area contributed by atoms with Crippen molar-refractivity contribution in [2.24, 2.45) is 0 Å². The summed E-state index contributed by atoms with van der Waals surface area (Å²) in [6, 6.07) is 10.3. The number of rotatable bonds is 7. The Kier molecular flexibility index (Phi) is 6.33. The number of aromatic nitrogens is 3. The molecule has 0 aliphatic heterocycles. The number of methoxy groups -OCH3 is 2. The van der Waals surface area contributed by atoms with Crippen LogP contribution in [0.5, 0.6) is 11.5 Å². The molecular weight excluding hydrogens is 425 g/mol. The predicted octanol–water partition coefficient (Wildman–Crippen LogP) is 4.44. The van der Waals surface area contributed by atoms with E-state index in [9.17, 15) is 4.79 Å². The minimum absolute atomic E-state index is 0.176. The summed E-state index contributed by atoms with van der Waals surface area (Å²) < 4.78 is 12.4. The minimum Gasteiger partial charge on any atom is -0.497 e. The molecule has 0 amide bonds. The van der Waals surface area contributed by atoms with Crippen molar-refractivity contribution in [1.29, 1.82) is 0 Å². The topological polar surface area (TPSA) is 86.5 Å². The lowest BCUT2D eigenvalue weighted by molar-refractivity contribution is -0.133. The number of carboxylic acid groups (broad SMARTS) is 1.